The molecule has 5 atom stereocenters. The number of esters is 4. The second-order valence-electron chi connectivity index (χ2n) is 26.8. The predicted octanol–water partition coefficient (Wildman–Crippen LogP) is 19.3. The zero-order valence-electron chi connectivity index (χ0n) is 57.3. The van der Waals surface area contributed by atoms with Gasteiger partial charge in [-0.3, -0.25) is 37.3 Å². The molecule has 0 saturated carbocycles. The van der Waals surface area contributed by atoms with Crippen molar-refractivity contribution in [2.24, 2.45) is 23.7 Å². The minimum Gasteiger partial charge on any atom is -0.462 e. The fourth-order valence-corrected chi connectivity index (χ4v) is 11.9. The highest BCUT2D eigenvalue weighted by Crippen LogP contribution is 2.45. The summed E-state index contributed by atoms with van der Waals surface area (Å²) in [6.07, 6.45) is 40.5. The highest BCUT2D eigenvalue weighted by Gasteiger charge is 2.30. The van der Waals surface area contributed by atoms with Crippen molar-refractivity contribution >= 4 is 39.5 Å². The number of phosphoric ester groups is 2. The lowest BCUT2D eigenvalue weighted by Crippen LogP contribution is -2.30. The first-order valence-corrected chi connectivity index (χ1v) is 38.7. The maximum absolute atomic E-state index is 13.0. The van der Waals surface area contributed by atoms with E-state index < -0.39 is 97.5 Å². The van der Waals surface area contributed by atoms with Gasteiger partial charge >= 0.3 is 39.5 Å². The fourth-order valence-electron chi connectivity index (χ4n) is 10.3. The smallest absolute Gasteiger partial charge is 0.462 e. The van der Waals surface area contributed by atoms with Gasteiger partial charge in [-0.25, -0.2) is 9.13 Å². The van der Waals surface area contributed by atoms with E-state index in [1.165, 1.54) is 135 Å². The molecule has 0 aliphatic heterocycles. The van der Waals surface area contributed by atoms with Crippen LogP contribution in [-0.4, -0.2) is 96.7 Å². The molecule has 0 aliphatic carbocycles. The van der Waals surface area contributed by atoms with Gasteiger partial charge in [0.2, 0.25) is 0 Å². The van der Waals surface area contributed by atoms with E-state index in [0.717, 1.165) is 114 Å². The maximum Gasteiger partial charge on any atom is 0.472 e. The van der Waals surface area contributed by atoms with Crippen molar-refractivity contribution < 1.29 is 80.2 Å². The van der Waals surface area contributed by atoms with Gasteiger partial charge < -0.3 is 33.8 Å². The SMILES string of the molecule is CC(C)CCCCCCCCCCCCCCCC(=O)OC[C@H](COP(=O)(O)OCC(O)COP(=O)(O)OC[C@@H](COC(=O)CCCCCCCCCC(C)C)OC(=O)CCCCCCCCCCC(C)C)OC(=O)CCCCCCCCCCC(C)C. The molecule has 0 spiro atoms. The Balaban J connectivity index is 5.23. The number of carbonyl (C=O) groups excluding carboxylic acids is 4. The van der Waals surface area contributed by atoms with Crippen LogP contribution >= 0.6 is 15.6 Å². The predicted molar refractivity (Wildman–Crippen MR) is 354 cm³/mol. The monoisotopic (exact) mass is 1300 g/mol. The van der Waals surface area contributed by atoms with Gasteiger partial charge in [0.1, 0.15) is 19.3 Å². The summed E-state index contributed by atoms with van der Waals surface area (Å²) in [4.78, 5) is 72.4. The van der Waals surface area contributed by atoms with Crippen LogP contribution in [0.4, 0.5) is 0 Å². The Hall–Kier alpha value is -1.94. The number of carbonyl (C=O) groups is 4. The number of aliphatic hydroxyl groups is 1. The number of phosphoric acid groups is 2. The minimum absolute atomic E-state index is 0.103. The molecule has 19 heteroatoms. The summed E-state index contributed by atoms with van der Waals surface area (Å²) in [5.41, 5.74) is 0. The third-order valence-corrected chi connectivity index (χ3v) is 17.7. The van der Waals surface area contributed by atoms with Crippen molar-refractivity contribution in [3.63, 3.8) is 0 Å². The summed E-state index contributed by atoms with van der Waals surface area (Å²) in [6, 6.07) is 0. The Bertz CT molecular complexity index is 1750. The molecule has 0 fully saturated rings. The van der Waals surface area contributed by atoms with Gasteiger partial charge in [-0.2, -0.15) is 0 Å². The Morgan fingerprint density at radius 3 is 0.705 bits per heavy atom. The van der Waals surface area contributed by atoms with E-state index in [1.807, 2.05) is 0 Å². The first-order valence-electron chi connectivity index (χ1n) is 35.7. The molecule has 0 heterocycles. The number of hydrogen-bond donors (Lipinski definition) is 3. The Kier molecular flexibility index (Phi) is 57.6. The Morgan fingerprint density at radius 1 is 0.284 bits per heavy atom. The minimum atomic E-state index is -4.95. The molecule has 0 radical (unpaired) electrons. The first kappa shape index (κ1) is 86.1. The zero-order chi connectivity index (χ0) is 65.4. The summed E-state index contributed by atoms with van der Waals surface area (Å²) < 4.78 is 68.2. The third kappa shape index (κ3) is 62.8. The molecule has 3 N–H and O–H groups in total. The van der Waals surface area contributed by atoms with Crippen LogP contribution in [0.3, 0.4) is 0 Å². The second kappa shape index (κ2) is 58.8. The van der Waals surface area contributed by atoms with Crippen LogP contribution in [0.15, 0.2) is 0 Å². The summed E-state index contributed by atoms with van der Waals surface area (Å²) in [6.45, 7) is 14.0. The van der Waals surface area contributed by atoms with Crippen LogP contribution in [0.1, 0.15) is 338 Å². The molecule has 88 heavy (non-hydrogen) atoms. The van der Waals surface area contributed by atoms with Crippen molar-refractivity contribution in [2.45, 2.75) is 356 Å². The zero-order valence-corrected chi connectivity index (χ0v) is 59.1. The number of unbranched alkanes of at least 4 members (excludes halogenated alkanes) is 32. The van der Waals surface area contributed by atoms with Crippen molar-refractivity contribution in [3.8, 4) is 0 Å². The molecule has 17 nitrogen and oxygen atoms in total. The molecule has 0 rings (SSSR count). The molecular weight excluding hydrogens is 1160 g/mol. The Labute approximate surface area is 537 Å². The van der Waals surface area contributed by atoms with Crippen molar-refractivity contribution in [3.05, 3.63) is 0 Å². The molecule has 0 aromatic heterocycles. The molecule has 0 aliphatic rings. The van der Waals surface area contributed by atoms with Gasteiger partial charge in [0.25, 0.3) is 0 Å². The van der Waals surface area contributed by atoms with Gasteiger partial charge in [0.05, 0.1) is 26.4 Å². The Morgan fingerprint density at radius 2 is 0.477 bits per heavy atom. The topological polar surface area (TPSA) is 237 Å². The maximum atomic E-state index is 13.0. The van der Waals surface area contributed by atoms with Crippen LogP contribution in [0.25, 0.3) is 0 Å². The fraction of sp³-hybridized carbons (Fsp3) is 0.942. The molecule has 522 valence electrons. The molecule has 0 amide bonds. The van der Waals surface area contributed by atoms with Gasteiger partial charge in [0, 0.05) is 25.7 Å². The van der Waals surface area contributed by atoms with Gasteiger partial charge in [-0.15, -0.1) is 0 Å². The summed E-state index contributed by atoms with van der Waals surface area (Å²) in [7, 11) is -9.90. The average Bonchev–Trinajstić information content (AvgIpc) is 3.58. The van der Waals surface area contributed by atoms with Crippen LogP contribution < -0.4 is 0 Å². The first-order chi connectivity index (χ1) is 42.1. The van der Waals surface area contributed by atoms with Gasteiger partial charge in [-0.1, -0.05) is 287 Å². The lowest BCUT2D eigenvalue weighted by Gasteiger charge is -2.21. The standard InChI is InChI=1S/C69H134O17P2/c1-59(2)45-37-29-21-14-12-10-9-11-13-15-25-33-41-49-66(71)79-55-64(85-68(73)51-43-35-26-18-16-22-30-38-46-60(3)4)57-83-87(75,76)81-53-63(70)54-82-88(77,78)84-58-65(56-80-67(72)50-42-34-28-20-24-32-40-48-62(7)8)86-69(74)52-44-36-27-19-17-23-31-39-47-61(5)6/h59-65,70H,9-58H2,1-8H3,(H,75,76)(H,77,78)/t63?,64-,65-/m1/s1. The lowest BCUT2D eigenvalue weighted by atomic mass is 10.0. The third-order valence-electron chi connectivity index (χ3n) is 15.8. The van der Waals surface area contributed by atoms with E-state index in [9.17, 15) is 43.2 Å². The number of rotatable bonds is 66. The van der Waals surface area contributed by atoms with Crippen molar-refractivity contribution in [1.82, 2.24) is 0 Å². The van der Waals surface area contributed by atoms with Gasteiger partial charge in [-0.05, 0) is 49.4 Å². The van der Waals surface area contributed by atoms with E-state index in [1.54, 1.807) is 0 Å². The summed E-state index contributed by atoms with van der Waals surface area (Å²) in [5.74, 6) is 0.799. The van der Waals surface area contributed by atoms with Crippen LogP contribution in [0.5, 0.6) is 0 Å². The van der Waals surface area contributed by atoms with E-state index in [4.69, 9.17) is 37.0 Å². The van der Waals surface area contributed by atoms with E-state index >= 15 is 0 Å². The molecule has 0 aromatic carbocycles. The van der Waals surface area contributed by atoms with Crippen LogP contribution in [0, 0.1) is 23.7 Å². The van der Waals surface area contributed by atoms with E-state index in [-0.39, 0.29) is 25.7 Å². The normalized spacial score (nSPS) is 14.3. The molecule has 3 unspecified atom stereocenters. The summed E-state index contributed by atoms with van der Waals surface area (Å²) in [5, 5.41) is 10.6. The highest BCUT2D eigenvalue weighted by molar-refractivity contribution is 7.47. The number of ether oxygens (including phenoxy) is 4. The largest absolute Gasteiger partial charge is 0.472 e. The molecule has 0 aromatic rings. The van der Waals surface area contributed by atoms with E-state index in [0.29, 0.717) is 31.6 Å². The lowest BCUT2D eigenvalue weighted by molar-refractivity contribution is -0.161. The van der Waals surface area contributed by atoms with E-state index in [2.05, 4.69) is 55.4 Å². The number of hydrogen-bond acceptors (Lipinski definition) is 15. The van der Waals surface area contributed by atoms with Crippen LogP contribution in [-0.2, 0) is 65.4 Å². The summed E-state index contributed by atoms with van der Waals surface area (Å²) >= 11 is 0. The van der Waals surface area contributed by atoms with Gasteiger partial charge in [0.15, 0.2) is 12.2 Å². The quantitative estimate of drug-likeness (QED) is 0.0222. The van der Waals surface area contributed by atoms with Crippen molar-refractivity contribution in [2.75, 3.05) is 39.6 Å². The number of aliphatic hydroxyl groups excluding tert-OH is 1. The van der Waals surface area contributed by atoms with Crippen LogP contribution in [0.2, 0.25) is 0 Å². The van der Waals surface area contributed by atoms with Crippen molar-refractivity contribution in [1.29, 1.82) is 0 Å². The average molecular weight is 1300 g/mol. The highest BCUT2D eigenvalue weighted by atomic mass is 31.2. The second-order valence-corrected chi connectivity index (χ2v) is 29.7. The molecular formula is C69H134O17P2. The molecule has 0 saturated heterocycles. The molecule has 0 bridgehead atoms.